The fourth-order valence-corrected chi connectivity index (χ4v) is 1.55. The van der Waals surface area contributed by atoms with Crippen LogP contribution in [0.1, 0.15) is 33.4 Å². The predicted octanol–water partition coefficient (Wildman–Crippen LogP) is 4.15. The summed E-state index contributed by atoms with van der Waals surface area (Å²) in [5, 5.41) is 10.7. The van der Waals surface area contributed by atoms with E-state index in [9.17, 15) is 10.1 Å². The number of nitro benzene ring substituents is 1. The van der Waals surface area contributed by atoms with Crippen molar-refractivity contribution in [2.45, 2.75) is 34.6 Å². The van der Waals surface area contributed by atoms with Crippen molar-refractivity contribution in [3.8, 4) is 11.4 Å². The highest BCUT2D eigenvalue weighted by Crippen LogP contribution is 2.27. The molecule has 1 aromatic heterocycles. The Labute approximate surface area is 125 Å². The maximum absolute atomic E-state index is 10.7. The molecule has 0 aliphatic heterocycles. The zero-order chi connectivity index (χ0) is 16.4. The summed E-state index contributed by atoms with van der Waals surface area (Å²) in [6.07, 6.45) is 3.46. The van der Waals surface area contributed by atoms with E-state index in [0.717, 1.165) is 11.4 Å². The van der Waals surface area contributed by atoms with Crippen molar-refractivity contribution in [3.63, 3.8) is 0 Å². The van der Waals surface area contributed by atoms with E-state index in [1.807, 2.05) is 40.8 Å². The second-order valence-electron chi connectivity index (χ2n) is 3.54. The molecular formula is C15H23N3O3. The van der Waals surface area contributed by atoms with E-state index in [2.05, 4.69) is 4.98 Å². The van der Waals surface area contributed by atoms with Gasteiger partial charge < -0.3 is 9.30 Å². The molecule has 1 aromatic carbocycles. The minimum atomic E-state index is -0.453. The van der Waals surface area contributed by atoms with Gasteiger partial charge in [0.05, 0.1) is 35.8 Å². The fourth-order valence-electron chi connectivity index (χ4n) is 1.55. The standard InChI is InChI=1S/C11H11N3O3.2C2H6/c1-8-6-13(7-12-8)10-4-3-9(14(15)16)5-11(10)17-2;2*1-2/h3-7H,1-2H3;2*1-2H3. The van der Waals surface area contributed by atoms with Crippen LogP contribution in [0, 0.1) is 17.0 Å². The van der Waals surface area contributed by atoms with Gasteiger partial charge in [-0.1, -0.05) is 27.7 Å². The lowest BCUT2D eigenvalue weighted by Gasteiger charge is -2.08. The summed E-state index contributed by atoms with van der Waals surface area (Å²) in [5.41, 5.74) is 1.59. The van der Waals surface area contributed by atoms with Crippen molar-refractivity contribution in [2.24, 2.45) is 0 Å². The average Bonchev–Trinajstić information content (AvgIpc) is 2.97. The summed E-state index contributed by atoms with van der Waals surface area (Å²) < 4.78 is 6.91. The van der Waals surface area contributed by atoms with E-state index >= 15 is 0 Å². The number of aryl methyl sites for hydroxylation is 1. The lowest BCUT2D eigenvalue weighted by atomic mass is 10.2. The minimum Gasteiger partial charge on any atom is -0.494 e. The third kappa shape index (κ3) is 4.91. The van der Waals surface area contributed by atoms with Crippen LogP contribution in [0.4, 0.5) is 5.69 Å². The molecule has 0 bridgehead atoms. The van der Waals surface area contributed by atoms with Gasteiger partial charge in [-0.3, -0.25) is 10.1 Å². The monoisotopic (exact) mass is 293 g/mol. The second-order valence-corrected chi connectivity index (χ2v) is 3.54. The summed E-state index contributed by atoms with van der Waals surface area (Å²) in [5.74, 6) is 0.441. The van der Waals surface area contributed by atoms with E-state index in [4.69, 9.17) is 4.74 Å². The third-order valence-electron chi connectivity index (χ3n) is 2.36. The predicted molar refractivity (Wildman–Crippen MR) is 84.2 cm³/mol. The number of rotatable bonds is 3. The van der Waals surface area contributed by atoms with Crippen LogP contribution in [0.5, 0.6) is 5.75 Å². The highest BCUT2D eigenvalue weighted by molar-refractivity contribution is 5.53. The van der Waals surface area contributed by atoms with Crippen molar-refractivity contribution < 1.29 is 9.66 Å². The van der Waals surface area contributed by atoms with Crippen molar-refractivity contribution in [2.75, 3.05) is 7.11 Å². The van der Waals surface area contributed by atoms with Crippen LogP contribution in [-0.2, 0) is 0 Å². The number of benzene rings is 1. The molecule has 0 aliphatic rings. The molecule has 0 amide bonds. The summed E-state index contributed by atoms with van der Waals surface area (Å²) in [4.78, 5) is 14.3. The Morgan fingerprint density at radius 1 is 1.24 bits per heavy atom. The van der Waals surface area contributed by atoms with E-state index < -0.39 is 4.92 Å². The highest BCUT2D eigenvalue weighted by atomic mass is 16.6. The molecule has 0 unspecified atom stereocenters. The van der Waals surface area contributed by atoms with Gasteiger partial charge in [-0.25, -0.2) is 4.98 Å². The van der Waals surface area contributed by atoms with Crippen LogP contribution >= 0.6 is 0 Å². The molecule has 6 heteroatoms. The Bertz CT molecular complexity index is 565. The van der Waals surface area contributed by atoms with Crippen molar-refractivity contribution in [3.05, 3.63) is 46.5 Å². The molecule has 21 heavy (non-hydrogen) atoms. The topological polar surface area (TPSA) is 70.2 Å². The molecule has 0 aliphatic carbocycles. The third-order valence-corrected chi connectivity index (χ3v) is 2.36. The summed E-state index contributed by atoms with van der Waals surface area (Å²) in [6.45, 7) is 9.87. The number of methoxy groups -OCH3 is 1. The number of non-ortho nitro benzene ring substituents is 1. The van der Waals surface area contributed by atoms with Gasteiger partial charge in [0.15, 0.2) is 0 Å². The molecule has 0 atom stereocenters. The van der Waals surface area contributed by atoms with Crippen molar-refractivity contribution >= 4 is 5.69 Å². The van der Waals surface area contributed by atoms with Crippen LogP contribution in [0.25, 0.3) is 5.69 Å². The largest absolute Gasteiger partial charge is 0.494 e. The number of aromatic nitrogens is 2. The highest BCUT2D eigenvalue weighted by Gasteiger charge is 2.12. The summed E-state index contributed by atoms with van der Waals surface area (Å²) in [7, 11) is 1.48. The quantitative estimate of drug-likeness (QED) is 0.629. The number of nitrogens with zero attached hydrogens (tertiary/aromatic N) is 3. The van der Waals surface area contributed by atoms with Crippen LogP contribution < -0.4 is 4.74 Å². The molecule has 6 nitrogen and oxygen atoms in total. The van der Waals surface area contributed by atoms with Gasteiger partial charge in [-0.2, -0.15) is 0 Å². The summed E-state index contributed by atoms with van der Waals surface area (Å²) in [6, 6.07) is 4.47. The van der Waals surface area contributed by atoms with Gasteiger partial charge in [-0.05, 0) is 13.0 Å². The molecule has 2 aromatic rings. The van der Waals surface area contributed by atoms with Gasteiger partial charge in [0.1, 0.15) is 5.75 Å². The molecule has 0 spiro atoms. The first-order valence-corrected chi connectivity index (χ1v) is 6.95. The van der Waals surface area contributed by atoms with Crippen LogP contribution in [0.15, 0.2) is 30.7 Å². The normalized spacial score (nSPS) is 8.86. The Morgan fingerprint density at radius 3 is 2.29 bits per heavy atom. The molecule has 2 rings (SSSR count). The van der Waals surface area contributed by atoms with Gasteiger partial charge >= 0.3 is 0 Å². The number of hydrogen-bond donors (Lipinski definition) is 0. The number of hydrogen-bond acceptors (Lipinski definition) is 4. The fraction of sp³-hybridized carbons (Fsp3) is 0.400. The van der Waals surface area contributed by atoms with Crippen molar-refractivity contribution in [1.29, 1.82) is 0 Å². The first kappa shape index (κ1) is 18.6. The maximum Gasteiger partial charge on any atom is 0.273 e. The Kier molecular flexibility index (Phi) is 8.45. The number of imidazole rings is 1. The number of ether oxygens (including phenoxy) is 1. The Morgan fingerprint density at radius 2 is 1.86 bits per heavy atom. The maximum atomic E-state index is 10.7. The summed E-state index contributed by atoms with van der Waals surface area (Å²) >= 11 is 0. The molecule has 0 radical (unpaired) electrons. The Hall–Kier alpha value is -2.37. The minimum absolute atomic E-state index is 0.00226. The van der Waals surface area contributed by atoms with Gasteiger partial charge in [0.2, 0.25) is 0 Å². The average molecular weight is 293 g/mol. The molecule has 0 fully saturated rings. The van der Waals surface area contributed by atoms with Crippen LogP contribution in [0.2, 0.25) is 0 Å². The second kappa shape index (κ2) is 9.52. The molecule has 0 N–H and O–H groups in total. The van der Waals surface area contributed by atoms with Gasteiger partial charge in [0.25, 0.3) is 5.69 Å². The SMILES string of the molecule is CC.CC.COc1cc([N+](=O)[O-])ccc1-n1cnc(C)c1. The first-order chi connectivity index (χ1) is 10.1. The van der Waals surface area contributed by atoms with Crippen LogP contribution in [0.3, 0.4) is 0 Å². The lowest BCUT2D eigenvalue weighted by molar-refractivity contribution is -0.384. The van der Waals surface area contributed by atoms with Crippen molar-refractivity contribution in [1.82, 2.24) is 9.55 Å². The zero-order valence-corrected chi connectivity index (χ0v) is 13.5. The van der Waals surface area contributed by atoms with Gasteiger partial charge in [0, 0.05) is 12.3 Å². The smallest absolute Gasteiger partial charge is 0.273 e. The zero-order valence-electron chi connectivity index (χ0n) is 13.5. The van der Waals surface area contributed by atoms with E-state index in [1.165, 1.54) is 19.2 Å². The van der Waals surface area contributed by atoms with Crippen LogP contribution in [-0.4, -0.2) is 21.6 Å². The van der Waals surface area contributed by atoms with E-state index in [1.54, 1.807) is 17.0 Å². The lowest BCUT2D eigenvalue weighted by Crippen LogP contribution is -1.97. The first-order valence-electron chi connectivity index (χ1n) is 6.95. The Balaban J connectivity index is 0.000000921. The molecule has 116 valence electrons. The van der Waals surface area contributed by atoms with Gasteiger partial charge in [-0.15, -0.1) is 0 Å². The molecule has 1 heterocycles. The van der Waals surface area contributed by atoms with E-state index in [0.29, 0.717) is 5.75 Å². The molecule has 0 saturated carbocycles. The van der Waals surface area contributed by atoms with E-state index in [-0.39, 0.29) is 5.69 Å². The molecule has 0 saturated heterocycles. The number of nitro groups is 1. The molecular weight excluding hydrogens is 270 g/mol.